The van der Waals surface area contributed by atoms with Crippen molar-refractivity contribution in [3.63, 3.8) is 0 Å². The van der Waals surface area contributed by atoms with Crippen LogP contribution in [0.3, 0.4) is 0 Å². The summed E-state index contributed by atoms with van der Waals surface area (Å²) in [7, 11) is 0. The molecule has 0 saturated carbocycles. The van der Waals surface area contributed by atoms with Crippen molar-refractivity contribution in [1.29, 1.82) is 0 Å². The van der Waals surface area contributed by atoms with Gasteiger partial charge in [-0.25, -0.2) is 0 Å². The van der Waals surface area contributed by atoms with Crippen LogP contribution < -0.4 is 5.73 Å². The number of carbonyl (C=O) groups excluding carboxylic acids is 7. The van der Waals surface area contributed by atoms with Crippen LogP contribution in [0, 0.1) is 0 Å². The summed E-state index contributed by atoms with van der Waals surface area (Å²) in [6.07, 6.45) is 7.14. The van der Waals surface area contributed by atoms with Crippen LogP contribution in [0.25, 0.3) is 0 Å². The predicted molar refractivity (Wildman–Crippen MR) is 163 cm³/mol. The first-order chi connectivity index (χ1) is 22.1. The highest BCUT2D eigenvalue weighted by molar-refractivity contribution is 5.98. The van der Waals surface area contributed by atoms with Gasteiger partial charge in [-0.15, -0.1) is 0 Å². The maximum atomic E-state index is 14.1. The average molecular weight is 642 g/mol. The fourth-order valence-electron chi connectivity index (χ4n) is 8.83. The number of amides is 7. The van der Waals surface area contributed by atoms with Crippen molar-refractivity contribution in [2.24, 2.45) is 5.73 Å². The predicted octanol–water partition coefficient (Wildman–Crippen LogP) is -0.562. The SMILES string of the molecule is CC(=O)N1CCC[C@@H]1C(=O)N1CCC[C@@H]1C(=O)N1CCC[C@@H]1C(=O)N1CCC[C@@H]1C(=O)N1CCC[C@@H]1C(=O)N1CCC[C@@H]1C(N)=O. The lowest BCUT2D eigenvalue weighted by atomic mass is 10.1. The van der Waals surface area contributed by atoms with Crippen LogP contribution in [-0.2, 0) is 33.6 Å². The lowest BCUT2D eigenvalue weighted by Crippen LogP contribution is -2.58. The number of carbonyl (C=O) groups is 7. The minimum Gasteiger partial charge on any atom is -0.368 e. The minimum absolute atomic E-state index is 0.145. The van der Waals surface area contributed by atoms with Crippen LogP contribution in [0.1, 0.15) is 84.0 Å². The highest BCUT2D eigenvalue weighted by atomic mass is 16.2. The molecule has 0 aromatic heterocycles. The second kappa shape index (κ2) is 13.2. The van der Waals surface area contributed by atoms with Gasteiger partial charge in [0.05, 0.1) is 0 Å². The van der Waals surface area contributed by atoms with Crippen molar-refractivity contribution in [3.8, 4) is 0 Å². The van der Waals surface area contributed by atoms with Gasteiger partial charge in [0, 0.05) is 46.2 Å². The van der Waals surface area contributed by atoms with Crippen molar-refractivity contribution >= 4 is 41.4 Å². The van der Waals surface area contributed by atoms with Crippen LogP contribution in [0.5, 0.6) is 0 Å². The third-order valence-electron chi connectivity index (χ3n) is 11.1. The first kappa shape index (κ1) is 32.2. The summed E-state index contributed by atoms with van der Waals surface area (Å²) in [4.78, 5) is 103. The molecule has 252 valence electrons. The van der Waals surface area contributed by atoms with Crippen molar-refractivity contribution in [2.45, 2.75) is 120 Å². The molecule has 0 aliphatic carbocycles. The van der Waals surface area contributed by atoms with Gasteiger partial charge in [0.1, 0.15) is 36.3 Å². The molecule has 6 rings (SSSR count). The third-order valence-corrected chi connectivity index (χ3v) is 11.1. The van der Waals surface area contributed by atoms with Gasteiger partial charge in [0.25, 0.3) is 0 Å². The molecule has 0 bridgehead atoms. The number of likely N-dealkylation sites (tertiary alicyclic amines) is 6. The number of nitrogens with zero attached hydrogens (tertiary/aromatic N) is 6. The van der Waals surface area contributed by atoms with Crippen LogP contribution >= 0.6 is 0 Å². The number of rotatable bonds is 6. The van der Waals surface area contributed by atoms with Gasteiger partial charge in [0.2, 0.25) is 41.4 Å². The molecule has 2 N–H and O–H groups in total. The van der Waals surface area contributed by atoms with Gasteiger partial charge in [-0.05, 0) is 77.0 Å². The summed E-state index contributed by atoms with van der Waals surface area (Å²) >= 11 is 0. The third kappa shape index (κ3) is 5.72. The molecule has 14 heteroatoms. The zero-order valence-electron chi connectivity index (χ0n) is 26.8. The van der Waals surface area contributed by atoms with E-state index in [2.05, 4.69) is 0 Å². The molecule has 6 saturated heterocycles. The zero-order valence-corrected chi connectivity index (χ0v) is 26.8. The van der Waals surface area contributed by atoms with Crippen molar-refractivity contribution in [1.82, 2.24) is 29.4 Å². The highest BCUT2D eigenvalue weighted by Gasteiger charge is 2.49. The van der Waals surface area contributed by atoms with E-state index in [-0.39, 0.29) is 35.4 Å². The fraction of sp³-hybridized carbons (Fsp3) is 0.781. The largest absolute Gasteiger partial charge is 0.368 e. The van der Waals surface area contributed by atoms with E-state index < -0.39 is 42.2 Å². The Bertz CT molecular complexity index is 1200. The summed E-state index contributed by atoms with van der Waals surface area (Å²) in [6.45, 7) is 4.09. The van der Waals surface area contributed by atoms with E-state index >= 15 is 0 Å². The van der Waals surface area contributed by atoms with Crippen molar-refractivity contribution in [3.05, 3.63) is 0 Å². The maximum Gasteiger partial charge on any atom is 0.246 e. The van der Waals surface area contributed by atoms with Gasteiger partial charge in [-0.2, -0.15) is 0 Å². The van der Waals surface area contributed by atoms with Crippen LogP contribution in [-0.4, -0.2) is 146 Å². The summed E-state index contributed by atoms with van der Waals surface area (Å²) in [5, 5.41) is 0. The Balaban J connectivity index is 1.13. The van der Waals surface area contributed by atoms with E-state index in [1.807, 2.05) is 0 Å². The molecule has 6 aliphatic heterocycles. The highest BCUT2D eigenvalue weighted by Crippen LogP contribution is 2.32. The Labute approximate surface area is 269 Å². The van der Waals surface area contributed by atoms with E-state index in [0.29, 0.717) is 110 Å². The van der Waals surface area contributed by atoms with E-state index in [1.165, 1.54) is 11.8 Å². The molecule has 0 aromatic rings. The molecule has 6 heterocycles. The Kier molecular flexibility index (Phi) is 9.24. The molecule has 0 unspecified atom stereocenters. The lowest BCUT2D eigenvalue weighted by Gasteiger charge is -2.36. The van der Waals surface area contributed by atoms with Crippen molar-refractivity contribution < 1.29 is 33.6 Å². The molecule has 0 spiro atoms. The summed E-state index contributed by atoms with van der Waals surface area (Å²) in [5.41, 5.74) is 5.55. The Hall–Kier alpha value is -3.71. The summed E-state index contributed by atoms with van der Waals surface area (Å²) in [6, 6.07) is -3.98. The lowest BCUT2D eigenvalue weighted by molar-refractivity contribution is -0.154. The quantitative estimate of drug-likeness (QED) is 0.406. The van der Waals surface area contributed by atoms with E-state index in [0.717, 1.165) is 6.42 Å². The molecule has 46 heavy (non-hydrogen) atoms. The van der Waals surface area contributed by atoms with E-state index in [1.54, 1.807) is 24.5 Å². The Morgan fingerprint density at radius 1 is 0.391 bits per heavy atom. The smallest absolute Gasteiger partial charge is 0.246 e. The van der Waals surface area contributed by atoms with Crippen LogP contribution in [0.4, 0.5) is 0 Å². The summed E-state index contributed by atoms with van der Waals surface area (Å²) < 4.78 is 0. The molecule has 6 fully saturated rings. The first-order valence-corrected chi connectivity index (χ1v) is 17.2. The van der Waals surface area contributed by atoms with Gasteiger partial charge >= 0.3 is 0 Å². The molecule has 0 aromatic carbocycles. The Morgan fingerprint density at radius 3 is 0.870 bits per heavy atom. The number of primary amides is 1. The molecule has 14 nitrogen and oxygen atoms in total. The molecular formula is C32H47N7O7. The first-order valence-electron chi connectivity index (χ1n) is 17.2. The Morgan fingerprint density at radius 2 is 0.609 bits per heavy atom. The fourth-order valence-corrected chi connectivity index (χ4v) is 8.83. The topological polar surface area (TPSA) is 165 Å². The minimum atomic E-state index is -0.714. The zero-order chi connectivity index (χ0) is 32.7. The number of nitrogens with two attached hydrogens (primary N) is 1. The molecular weight excluding hydrogens is 594 g/mol. The number of hydrogen-bond acceptors (Lipinski definition) is 7. The average Bonchev–Trinajstić information content (AvgIpc) is 3.90. The van der Waals surface area contributed by atoms with E-state index in [9.17, 15) is 33.6 Å². The normalized spacial score (nSPS) is 31.3. The van der Waals surface area contributed by atoms with Crippen LogP contribution in [0.2, 0.25) is 0 Å². The van der Waals surface area contributed by atoms with Gasteiger partial charge in [-0.1, -0.05) is 0 Å². The van der Waals surface area contributed by atoms with Gasteiger partial charge in [-0.3, -0.25) is 33.6 Å². The second-order valence-electron chi connectivity index (χ2n) is 13.7. The molecule has 6 atom stereocenters. The molecule has 6 aliphatic rings. The van der Waals surface area contributed by atoms with Gasteiger partial charge < -0.3 is 35.1 Å². The van der Waals surface area contributed by atoms with E-state index in [4.69, 9.17) is 5.73 Å². The standard InChI is InChI=1S/C32H47N7O7/c1-20(40)34-14-3-9-22(34)28(42)36-16-5-11-24(36)30(44)38-18-7-13-26(38)32(46)39-19-6-12-25(39)31(45)37-17-4-10-23(37)29(43)35-15-2-8-21(35)27(33)41/h21-26H,2-19H2,1H3,(H2,33,41)/t21-,22-,23-,24-,25-,26-/m1/s1. The van der Waals surface area contributed by atoms with Crippen LogP contribution in [0.15, 0.2) is 0 Å². The maximum absolute atomic E-state index is 14.1. The number of hydrogen-bond donors (Lipinski definition) is 1. The molecule has 0 radical (unpaired) electrons. The monoisotopic (exact) mass is 641 g/mol. The second-order valence-corrected chi connectivity index (χ2v) is 13.7. The van der Waals surface area contributed by atoms with Crippen molar-refractivity contribution in [2.75, 3.05) is 39.3 Å². The summed E-state index contributed by atoms with van der Waals surface area (Å²) in [5.74, 6) is -1.88. The molecule has 7 amide bonds. The van der Waals surface area contributed by atoms with Gasteiger partial charge in [0.15, 0.2) is 0 Å².